The summed E-state index contributed by atoms with van der Waals surface area (Å²) in [5.74, 6) is -0.412. The van der Waals surface area contributed by atoms with Gasteiger partial charge >= 0.3 is 23.4 Å². The van der Waals surface area contributed by atoms with Crippen molar-refractivity contribution < 1.29 is 22.5 Å². The van der Waals surface area contributed by atoms with E-state index in [4.69, 9.17) is 0 Å². The average molecular weight is 476 g/mol. The number of carbonyl (C=O) groups excluding carboxylic acids is 1. The number of anilines is 1. The van der Waals surface area contributed by atoms with E-state index in [-0.39, 0.29) is 17.6 Å². The lowest BCUT2D eigenvalue weighted by atomic mass is 10.0. The van der Waals surface area contributed by atoms with E-state index in [9.17, 15) is 22.8 Å². The molecule has 34 heavy (non-hydrogen) atoms. The summed E-state index contributed by atoms with van der Waals surface area (Å²) in [5.41, 5.74) is 1.93. The Morgan fingerprint density at radius 3 is 2.74 bits per heavy atom. The smallest absolute Gasteiger partial charge is 0.353 e. The first-order valence-corrected chi connectivity index (χ1v) is 10.6. The number of carbonyl (C=O) groups is 1. The molecule has 3 N–H and O–H groups in total. The van der Waals surface area contributed by atoms with Crippen LogP contribution in [0.4, 0.5) is 19.0 Å². The Balaban J connectivity index is 1.39. The number of rotatable bonds is 4. The van der Waals surface area contributed by atoms with Gasteiger partial charge in [0.05, 0.1) is 12.6 Å². The molecule has 0 radical (unpaired) electrons. The minimum Gasteiger partial charge on any atom is -0.353 e. The van der Waals surface area contributed by atoms with Gasteiger partial charge < -0.3 is 10.2 Å². The summed E-state index contributed by atoms with van der Waals surface area (Å²) in [7, 11) is 1.54. The molecule has 0 aliphatic carbocycles. The second-order valence-corrected chi connectivity index (χ2v) is 8.12. The number of aryl methyl sites for hydroxylation is 1. The summed E-state index contributed by atoms with van der Waals surface area (Å²) in [4.78, 5) is 45.2. The zero-order chi connectivity index (χ0) is 24.0. The average Bonchev–Trinajstić information content (AvgIpc) is 3.33. The molecule has 1 fully saturated rings. The van der Waals surface area contributed by atoms with Crippen molar-refractivity contribution >= 4 is 34.1 Å². The highest BCUT2D eigenvalue weighted by molar-refractivity contribution is 5.93. The van der Waals surface area contributed by atoms with Crippen LogP contribution in [0.3, 0.4) is 0 Å². The molecule has 11 nitrogen and oxygen atoms in total. The second kappa shape index (κ2) is 8.11. The largest absolute Gasteiger partial charge is 0.405 e. The molecule has 5 rings (SSSR count). The number of hydrogen-bond acceptors (Lipinski definition) is 6. The highest BCUT2D eigenvalue weighted by Gasteiger charge is 2.32. The maximum Gasteiger partial charge on any atom is 0.405 e. The Bertz CT molecular complexity index is 1430. The number of fused-ring (bicyclic) bond motifs is 2. The molecule has 1 amide bonds. The summed E-state index contributed by atoms with van der Waals surface area (Å²) in [6.45, 7) is -0.279. The van der Waals surface area contributed by atoms with Crippen molar-refractivity contribution in [2.75, 3.05) is 24.5 Å². The maximum atomic E-state index is 12.5. The molecule has 0 bridgehead atoms. The van der Waals surface area contributed by atoms with E-state index in [1.165, 1.54) is 10.9 Å². The van der Waals surface area contributed by atoms with Gasteiger partial charge in [0.1, 0.15) is 6.54 Å². The normalized spacial score (nSPS) is 15.4. The van der Waals surface area contributed by atoms with Gasteiger partial charge in [0, 0.05) is 25.3 Å². The molecule has 1 aliphatic heterocycles. The number of piperidine rings is 1. The number of amides is 1. The number of H-pyrrole nitrogens is 2. The molecule has 0 spiro atoms. The lowest BCUT2D eigenvalue weighted by molar-refractivity contribution is -0.648. The molecule has 178 valence electrons. The van der Waals surface area contributed by atoms with E-state index in [0.717, 1.165) is 5.52 Å². The molecule has 5 heterocycles. The van der Waals surface area contributed by atoms with E-state index in [1.54, 1.807) is 23.9 Å². The molecule has 1 aliphatic rings. The fourth-order valence-corrected chi connectivity index (χ4v) is 4.41. The van der Waals surface area contributed by atoms with Crippen LogP contribution in [0.15, 0.2) is 29.5 Å². The quantitative estimate of drug-likeness (QED) is 0.377. The molecule has 4 aromatic heterocycles. The SMILES string of the molecule is C[n+]1c(C(=O)NCC(F)(F)F)[nH]c2c(N3CCC(n4c(=O)[nH]c5ncccc54)CC3)ncnc21. The van der Waals surface area contributed by atoms with Gasteiger partial charge in [0.25, 0.3) is 5.82 Å². The van der Waals surface area contributed by atoms with Crippen LogP contribution in [0.1, 0.15) is 29.5 Å². The highest BCUT2D eigenvalue weighted by Crippen LogP contribution is 2.29. The summed E-state index contributed by atoms with van der Waals surface area (Å²) < 4.78 is 40.6. The van der Waals surface area contributed by atoms with Gasteiger partial charge in [-0.25, -0.2) is 14.3 Å². The number of aromatic nitrogens is 7. The Labute approximate surface area is 189 Å². The van der Waals surface area contributed by atoms with Crippen molar-refractivity contribution in [3.05, 3.63) is 41.0 Å². The standard InChI is InChI=1S/C20H20F3N9O2/c1-30-15-13(28-17(30)18(33)25-9-20(21,22)23)16(27-10-26-15)31-7-4-11(5-8-31)32-12-3-2-6-24-14(12)29-19(32)34/h2-3,6,10-11H,4-5,7-9H2,1H3,(H2,24,25,29,33,34)/p+1. The number of halogens is 3. The zero-order valence-corrected chi connectivity index (χ0v) is 18.1. The first-order valence-electron chi connectivity index (χ1n) is 10.6. The molecule has 1 saturated heterocycles. The van der Waals surface area contributed by atoms with Crippen molar-refractivity contribution in [2.24, 2.45) is 7.05 Å². The fourth-order valence-electron chi connectivity index (χ4n) is 4.41. The molecule has 14 heteroatoms. The van der Waals surface area contributed by atoms with Gasteiger partial charge in [0.2, 0.25) is 5.52 Å². The Kier molecular flexibility index (Phi) is 5.21. The summed E-state index contributed by atoms with van der Waals surface area (Å²) in [6, 6.07) is 3.61. The summed E-state index contributed by atoms with van der Waals surface area (Å²) >= 11 is 0. The van der Waals surface area contributed by atoms with Crippen LogP contribution < -0.4 is 20.5 Å². The monoisotopic (exact) mass is 476 g/mol. The van der Waals surface area contributed by atoms with Gasteiger partial charge in [-0.1, -0.05) is 4.98 Å². The van der Waals surface area contributed by atoms with E-state index in [1.807, 2.05) is 16.3 Å². The second-order valence-electron chi connectivity index (χ2n) is 8.12. The Hall–Kier alpha value is -3.97. The number of alkyl halides is 3. The minimum atomic E-state index is -4.52. The molecule has 0 unspecified atom stereocenters. The van der Waals surface area contributed by atoms with Crippen molar-refractivity contribution in [1.82, 2.24) is 34.8 Å². The van der Waals surface area contributed by atoms with Crippen LogP contribution in [0.2, 0.25) is 0 Å². The summed E-state index contributed by atoms with van der Waals surface area (Å²) in [6.07, 6.45) is -0.208. The van der Waals surface area contributed by atoms with Gasteiger partial charge in [0.15, 0.2) is 17.8 Å². The van der Waals surface area contributed by atoms with Crippen LogP contribution in [0.5, 0.6) is 0 Å². The first kappa shape index (κ1) is 21.9. The van der Waals surface area contributed by atoms with Crippen molar-refractivity contribution in [1.29, 1.82) is 0 Å². The maximum absolute atomic E-state index is 12.5. The van der Waals surface area contributed by atoms with E-state index >= 15 is 0 Å². The van der Waals surface area contributed by atoms with Crippen LogP contribution in [-0.4, -0.2) is 61.2 Å². The molecule has 0 atom stereocenters. The zero-order valence-electron chi connectivity index (χ0n) is 18.1. The van der Waals surface area contributed by atoms with Crippen LogP contribution in [-0.2, 0) is 7.05 Å². The van der Waals surface area contributed by atoms with E-state index in [0.29, 0.717) is 48.6 Å². The number of nitrogens with one attached hydrogen (secondary N) is 3. The Morgan fingerprint density at radius 1 is 1.24 bits per heavy atom. The van der Waals surface area contributed by atoms with Crippen LogP contribution in [0, 0.1) is 0 Å². The molecule has 4 aromatic rings. The van der Waals surface area contributed by atoms with Crippen molar-refractivity contribution in [2.45, 2.75) is 25.1 Å². The van der Waals surface area contributed by atoms with Crippen LogP contribution >= 0.6 is 0 Å². The van der Waals surface area contributed by atoms with Crippen LogP contribution in [0.25, 0.3) is 22.3 Å². The highest BCUT2D eigenvalue weighted by atomic mass is 19.4. The topological polar surface area (TPSA) is 128 Å². The summed E-state index contributed by atoms with van der Waals surface area (Å²) in [5, 5.41) is 1.86. The van der Waals surface area contributed by atoms with E-state index in [2.05, 4.69) is 24.9 Å². The third kappa shape index (κ3) is 3.84. The van der Waals surface area contributed by atoms with Gasteiger partial charge in [-0.05, 0) is 25.0 Å². The molecular formula is C20H21F3N9O2+. The Morgan fingerprint density at radius 2 is 2.00 bits per heavy atom. The fraction of sp³-hybridized carbons (Fsp3) is 0.400. The number of pyridine rings is 1. The molecule has 0 aromatic carbocycles. The van der Waals surface area contributed by atoms with Crippen molar-refractivity contribution in [3.8, 4) is 0 Å². The third-order valence-electron chi connectivity index (χ3n) is 5.99. The predicted octanol–water partition coefficient (Wildman–Crippen LogP) is 0.954. The number of nitrogens with zero attached hydrogens (tertiary/aromatic N) is 6. The lowest BCUT2D eigenvalue weighted by Crippen LogP contribution is -2.42. The lowest BCUT2D eigenvalue weighted by Gasteiger charge is -2.32. The van der Waals surface area contributed by atoms with Crippen molar-refractivity contribution in [3.63, 3.8) is 0 Å². The predicted molar refractivity (Wildman–Crippen MR) is 114 cm³/mol. The first-order chi connectivity index (χ1) is 16.2. The number of aromatic amines is 2. The third-order valence-corrected chi connectivity index (χ3v) is 5.99. The van der Waals surface area contributed by atoms with Gasteiger partial charge in [-0.15, -0.1) is 0 Å². The van der Waals surface area contributed by atoms with Gasteiger partial charge in [-0.2, -0.15) is 18.2 Å². The number of hydrogen-bond donors (Lipinski definition) is 3. The van der Waals surface area contributed by atoms with E-state index < -0.39 is 18.6 Å². The molecular weight excluding hydrogens is 455 g/mol. The molecule has 0 saturated carbocycles. The number of imidazole rings is 2. The minimum absolute atomic E-state index is 0.0255. The van der Waals surface area contributed by atoms with Gasteiger partial charge in [-0.3, -0.25) is 19.3 Å².